The van der Waals surface area contributed by atoms with Gasteiger partial charge in [-0.2, -0.15) is 0 Å². The number of aliphatic imine (C=N–C) groups is 1. The molecular weight excluding hydrogens is 321 g/mol. The van der Waals surface area contributed by atoms with E-state index in [0.29, 0.717) is 22.0 Å². The summed E-state index contributed by atoms with van der Waals surface area (Å²) in [7, 11) is 0. The number of hydrogen-bond acceptors (Lipinski definition) is 2. The summed E-state index contributed by atoms with van der Waals surface area (Å²) in [6, 6.07) is 12.2. The molecule has 4 nitrogen and oxygen atoms in total. The number of carbonyl (C=O) groups is 1. The first-order valence-electron chi connectivity index (χ1n) is 6.57. The fourth-order valence-electron chi connectivity index (χ4n) is 1.82. The van der Waals surface area contributed by atoms with E-state index in [1.165, 1.54) is 0 Å². The molecule has 0 aliphatic heterocycles. The van der Waals surface area contributed by atoms with Crippen molar-refractivity contribution in [3.63, 3.8) is 0 Å². The monoisotopic (exact) mass is 335 g/mol. The van der Waals surface area contributed by atoms with Crippen LogP contribution in [0.1, 0.15) is 15.9 Å². The summed E-state index contributed by atoms with van der Waals surface area (Å²) in [6.07, 6.45) is 0. The molecule has 0 aromatic heterocycles. The van der Waals surface area contributed by atoms with Gasteiger partial charge >= 0.3 is 0 Å². The second-order valence-electron chi connectivity index (χ2n) is 4.67. The highest BCUT2D eigenvalue weighted by molar-refractivity contribution is 6.31. The van der Waals surface area contributed by atoms with E-state index in [2.05, 4.69) is 10.3 Å². The summed E-state index contributed by atoms with van der Waals surface area (Å²) >= 11 is 11.7. The highest BCUT2D eigenvalue weighted by Crippen LogP contribution is 2.23. The second kappa shape index (κ2) is 7.29. The van der Waals surface area contributed by atoms with Crippen LogP contribution in [0.3, 0.4) is 0 Å². The number of nitrogens with two attached hydrogens (primary N) is 1. The van der Waals surface area contributed by atoms with Crippen LogP contribution in [0, 0.1) is 6.92 Å². The number of carbonyl (C=O) groups excluding carboxylic acids is 1. The molecule has 0 saturated heterocycles. The minimum atomic E-state index is -0.290. The van der Waals surface area contributed by atoms with Crippen LogP contribution in [0.5, 0.6) is 0 Å². The van der Waals surface area contributed by atoms with Crippen LogP contribution in [-0.2, 0) is 0 Å². The van der Waals surface area contributed by atoms with Crippen LogP contribution in [0.4, 0.5) is 11.4 Å². The molecule has 0 saturated carbocycles. The largest absolute Gasteiger partial charge is 0.386 e. The average molecular weight is 336 g/mol. The summed E-state index contributed by atoms with van der Waals surface area (Å²) in [5, 5.41) is 3.38. The number of para-hydroxylation sites is 1. The molecule has 0 unspecified atom stereocenters. The molecule has 0 radical (unpaired) electrons. The Morgan fingerprint density at radius 3 is 2.68 bits per heavy atom. The average Bonchev–Trinajstić information content (AvgIpc) is 2.51. The number of anilines is 1. The summed E-state index contributed by atoms with van der Waals surface area (Å²) < 4.78 is 0. The number of amides is 1. The zero-order valence-corrected chi connectivity index (χ0v) is 13.4. The topological polar surface area (TPSA) is 67.5 Å². The maximum atomic E-state index is 12.4. The van der Waals surface area contributed by atoms with Crippen LogP contribution in [-0.4, -0.2) is 17.6 Å². The first-order chi connectivity index (χ1) is 10.5. The van der Waals surface area contributed by atoms with Gasteiger partial charge in [0.15, 0.2) is 0 Å². The molecular formula is C16H15Cl2N3O. The van der Waals surface area contributed by atoms with Gasteiger partial charge in [-0.15, -0.1) is 11.6 Å². The first-order valence-corrected chi connectivity index (χ1v) is 7.48. The van der Waals surface area contributed by atoms with E-state index < -0.39 is 0 Å². The quantitative estimate of drug-likeness (QED) is 0.501. The van der Waals surface area contributed by atoms with E-state index in [4.69, 9.17) is 28.9 Å². The van der Waals surface area contributed by atoms with Crippen molar-refractivity contribution in [2.45, 2.75) is 6.92 Å². The number of benzene rings is 2. The SMILES string of the molecule is Cc1ccc(NC(=O)c2ccccc2N=C(N)CCl)cc1Cl. The Morgan fingerprint density at radius 1 is 1.27 bits per heavy atom. The number of alkyl halides is 1. The van der Waals surface area contributed by atoms with Gasteiger partial charge in [0.2, 0.25) is 0 Å². The number of nitrogens with one attached hydrogen (secondary N) is 1. The lowest BCUT2D eigenvalue weighted by molar-refractivity contribution is 0.102. The van der Waals surface area contributed by atoms with E-state index in [9.17, 15) is 4.79 Å². The number of rotatable bonds is 4. The van der Waals surface area contributed by atoms with Crippen molar-refractivity contribution >= 4 is 46.3 Å². The van der Waals surface area contributed by atoms with Gasteiger partial charge in [-0.3, -0.25) is 4.79 Å². The first kappa shape index (κ1) is 16.3. The summed E-state index contributed by atoms with van der Waals surface area (Å²) in [5.41, 5.74) is 8.07. The molecule has 0 fully saturated rings. The highest BCUT2D eigenvalue weighted by Gasteiger charge is 2.11. The third-order valence-electron chi connectivity index (χ3n) is 2.98. The predicted octanol–water partition coefficient (Wildman–Crippen LogP) is 4.13. The molecule has 2 rings (SSSR count). The van der Waals surface area contributed by atoms with Gasteiger partial charge in [-0.05, 0) is 36.8 Å². The van der Waals surface area contributed by atoms with Crippen molar-refractivity contribution in [3.05, 3.63) is 58.6 Å². The molecule has 6 heteroatoms. The normalized spacial score (nSPS) is 11.3. The Morgan fingerprint density at radius 2 is 2.00 bits per heavy atom. The Bertz CT molecular complexity index is 729. The van der Waals surface area contributed by atoms with E-state index in [1.807, 2.05) is 13.0 Å². The second-order valence-corrected chi connectivity index (χ2v) is 5.35. The van der Waals surface area contributed by atoms with Gasteiger partial charge in [0.25, 0.3) is 5.91 Å². The Balaban J connectivity index is 2.28. The Hall–Kier alpha value is -2.04. The minimum Gasteiger partial charge on any atom is -0.386 e. The molecule has 2 aromatic rings. The lowest BCUT2D eigenvalue weighted by atomic mass is 10.1. The molecule has 0 aliphatic rings. The molecule has 3 N–H and O–H groups in total. The molecule has 0 aliphatic carbocycles. The zero-order chi connectivity index (χ0) is 16.1. The predicted molar refractivity (Wildman–Crippen MR) is 92.6 cm³/mol. The van der Waals surface area contributed by atoms with Gasteiger partial charge < -0.3 is 11.1 Å². The molecule has 0 spiro atoms. The van der Waals surface area contributed by atoms with Crippen LogP contribution in [0.2, 0.25) is 5.02 Å². The van der Waals surface area contributed by atoms with Crippen molar-refractivity contribution in [3.8, 4) is 0 Å². The molecule has 1 amide bonds. The molecule has 22 heavy (non-hydrogen) atoms. The zero-order valence-electron chi connectivity index (χ0n) is 11.9. The smallest absolute Gasteiger partial charge is 0.257 e. The van der Waals surface area contributed by atoms with Crippen LogP contribution in [0.25, 0.3) is 0 Å². The fraction of sp³-hybridized carbons (Fsp3) is 0.125. The van der Waals surface area contributed by atoms with Crippen molar-refractivity contribution in [2.24, 2.45) is 10.7 Å². The number of aryl methyl sites for hydroxylation is 1. The Labute approximate surface area is 139 Å². The van der Waals surface area contributed by atoms with Crippen molar-refractivity contribution < 1.29 is 4.79 Å². The lowest BCUT2D eigenvalue weighted by Crippen LogP contribution is -2.15. The molecule has 2 aromatic carbocycles. The third-order valence-corrected chi connectivity index (χ3v) is 3.66. The summed E-state index contributed by atoms with van der Waals surface area (Å²) in [4.78, 5) is 16.6. The van der Waals surface area contributed by atoms with Gasteiger partial charge in [0.05, 0.1) is 17.1 Å². The van der Waals surface area contributed by atoms with Gasteiger partial charge in [0, 0.05) is 10.7 Å². The molecule has 114 valence electrons. The van der Waals surface area contributed by atoms with E-state index in [-0.39, 0.29) is 17.6 Å². The van der Waals surface area contributed by atoms with Crippen molar-refractivity contribution in [2.75, 3.05) is 11.2 Å². The standard InChI is InChI=1S/C16H15Cl2N3O/c1-10-6-7-11(8-13(10)18)20-16(22)12-4-2-3-5-14(12)21-15(19)9-17/h2-8H,9H2,1H3,(H2,19,21)(H,20,22). The fourth-order valence-corrected chi connectivity index (χ4v) is 2.06. The third kappa shape index (κ3) is 4.00. The number of halogens is 2. The van der Waals surface area contributed by atoms with Gasteiger partial charge in [-0.1, -0.05) is 29.8 Å². The number of hydrogen-bond donors (Lipinski definition) is 2. The number of nitrogens with zero attached hydrogens (tertiary/aromatic N) is 1. The van der Waals surface area contributed by atoms with Gasteiger partial charge in [-0.25, -0.2) is 4.99 Å². The lowest BCUT2D eigenvalue weighted by Gasteiger charge is -2.09. The van der Waals surface area contributed by atoms with Crippen LogP contribution >= 0.6 is 23.2 Å². The minimum absolute atomic E-state index is 0.101. The van der Waals surface area contributed by atoms with E-state index >= 15 is 0 Å². The maximum Gasteiger partial charge on any atom is 0.257 e. The molecule has 0 bridgehead atoms. The van der Waals surface area contributed by atoms with Crippen LogP contribution in [0.15, 0.2) is 47.5 Å². The molecule has 0 atom stereocenters. The maximum absolute atomic E-state index is 12.4. The van der Waals surface area contributed by atoms with E-state index in [0.717, 1.165) is 5.56 Å². The van der Waals surface area contributed by atoms with Crippen LogP contribution < -0.4 is 11.1 Å². The van der Waals surface area contributed by atoms with Gasteiger partial charge in [0.1, 0.15) is 5.84 Å². The van der Waals surface area contributed by atoms with Crippen molar-refractivity contribution in [1.82, 2.24) is 0 Å². The summed E-state index contributed by atoms with van der Waals surface area (Å²) in [5.74, 6) is 0.0608. The molecule has 0 heterocycles. The van der Waals surface area contributed by atoms with Crippen molar-refractivity contribution in [1.29, 1.82) is 0 Å². The highest BCUT2D eigenvalue weighted by atomic mass is 35.5. The summed E-state index contributed by atoms with van der Waals surface area (Å²) in [6.45, 7) is 1.90. The Kier molecular flexibility index (Phi) is 5.41. The van der Waals surface area contributed by atoms with E-state index in [1.54, 1.807) is 36.4 Å². The number of amidine groups is 1.